The number of anilines is 1. The van der Waals surface area contributed by atoms with Crippen molar-refractivity contribution in [1.82, 2.24) is 15.1 Å². The normalized spacial score (nSPS) is 14.3. The molecule has 2 aromatic rings. The second-order valence-corrected chi connectivity index (χ2v) is 7.01. The predicted octanol–water partition coefficient (Wildman–Crippen LogP) is 1.13. The molecule has 152 valence electrons. The summed E-state index contributed by atoms with van der Waals surface area (Å²) in [7, 11) is 0. The van der Waals surface area contributed by atoms with Gasteiger partial charge in [0.25, 0.3) is 0 Å². The van der Waals surface area contributed by atoms with E-state index in [0.29, 0.717) is 32.7 Å². The molecule has 0 aromatic heterocycles. The van der Waals surface area contributed by atoms with Crippen LogP contribution in [0.15, 0.2) is 60.7 Å². The molecule has 0 unspecified atom stereocenters. The van der Waals surface area contributed by atoms with E-state index in [0.717, 1.165) is 11.3 Å². The van der Waals surface area contributed by atoms with E-state index in [2.05, 4.69) is 10.6 Å². The summed E-state index contributed by atoms with van der Waals surface area (Å²) in [6, 6.07) is 18.8. The zero-order valence-electron chi connectivity index (χ0n) is 16.3. The van der Waals surface area contributed by atoms with Crippen molar-refractivity contribution in [3.8, 4) is 0 Å². The van der Waals surface area contributed by atoms with Gasteiger partial charge >= 0.3 is 0 Å². The fourth-order valence-electron chi connectivity index (χ4n) is 3.21. The number of benzene rings is 2. The SMILES string of the molecule is O=C(Cc1ccccc1)NCC(=O)N1CCN(CC(=O)Nc2ccccc2)CC1. The van der Waals surface area contributed by atoms with Crippen LogP contribution in [0.1, 0.15) is 5.56 Å². The highest BCUT2D eigenvalue weighted by atomic mass is 16.2. The fraction of sp³-hybridized carbons (Fsp3) is 0.318. The van der Waals surface area contributed by atoms with E-state index in [9.17, 15) is 14.4 Å². The highest BCUT2D eigenvalue weighted by molar-refractivity contribution is 5.92. The van der Waals surface area contributed by atoms with Gasteiger partial charge in [-0.1, -0.05) is 48.5 Å². The first-order valence-electron chi connectivity index (χ1n) is 9.76. The fourth-order valence-corrected chi connectivity index (χ4v) is 3.21. The summed E-state index contributed by atoms with van der Waals surface area (Å²) in [5.74, 6) is -0.329. The Hall–Kier alpha value is -3.19. The van der Waals surface area contributed by atoms with Gasteiger partial charge in [-0.2, -0.15) is 0 Å². The summed E-state index contributed by atoms with van der Waals surface area (Å²) in [5, 5.41) is 5.56. The summed E-state index contributed by atoms with van der Waals surface area (Å²) in [5.41, 5.74) is 1.69. The molecule has 1 saturated heterocycles. The third kappa shape index (κ3) is 6.73. The maximum Gasteiger partial charge on any atom is 0.242 e. The first-order valence-corrected chi connectivity index (χ1v) is 9.76. The van der Waals surface area contributed by atoms with Crippen molar-refractivity contribution >= 4 is 23.4 Å². The van der Waals surface area contributed by atoms with Gasteiger partial charge in [0.2, 0.25) is 17.7 Å². The Morgan fingerprint density at radius 3 is 2.07 bits per heavy atom. The van der Waals surface area contributed by atoms with Crippen molar-refractivity contribution in [2.24, 2.45) is 0 Å². The third-order valence-corrected chi connectivity index (χ3v) is 4.79. The van der Waals surface area contributed by atoms with Gasteiger partial charge < -0.3 is 15.5 Å². The molecule has 0 saturated carbocycles. The van der Waals surface area contributed by atoms with Gasteiger partial charge in [0.1, 0.15) is 0 Å². The van der Waals surface area contributed by atoms with E-state index in [1.165, 1.54) is 0 Å². The Bertz CT molecular complexity index is 818. The number of rotatable bonds is 7. The lowest BCUT2D eigenvalue weighted by Crippen LogP contribution is -2.52. The zero-order chi connectivity index (χ0) is 20.5. The van der Waals surface area contributed by atoms with Gasteiger partial charge in [0, 0.05) is 31.9 Å². The molecule has 7 nitrogen and oxygen atoms in total. The Morgan fingerprint density at radius 2 is 1.41 bits per heavy atom. The summed E-state index contributed by atoms with van der Waals surface area (Å²) in [6.45, 7) is 2.65. The first kappa shape index (κ1) is 20.5. The van der Waals surface area contributed by atoms with Gasteiger partial charge in [0.15, 0.2) is 0 Å². The Labute approximate surface area is 170 Å². The maximum absolute atomic E-state index is 12.3. The van der Waals surface area contributed by atoms with Crippen LogP contribution in [-0.4, -0.2) is 66.8 Å². The monoisotopic (exact) mass is 394 g/mol. The van der Waals surface area contributed by atoms with Crippen LogP contribution in [0.4, 0.5) is 5.69 Å². The molecule has 1 heterocycles. The van der Waals surface area contributed by atoms with Gasteiger partial charge in [0.05, 0.1) is 19.5 Å². The molecule has 0 radical (unpaired) electrons. The van der Waals surface area contributed by atoms with Crippen LogP contribution in [-0.2, 0) is 20.8 Å². The number of carbonyl (C=O) groups is 3. The van der Waals surface area contributed by atoms with E-state index in [1.54, 1.807) is 4.90 Å². The number of hydrogen-bond donors (Lipinski definition) is 2. The van der Waals surface area contributed by atoms with Gasteiger partial charge in [-0.25, -0.2) is 0 Å². The van der Waals surface area contributed by atoms with Crippen molar-refractivity contribution in [2.75, 3.05) is 44.6 Å². The van der Waals surface area contributed by atoms with Gasteiger partial charge in [-0.05, 0) is 17.7 Å². The summed E-state index contributed by atoms with van der Waals surface area (Å²) < 4.78 is 0. The van der Waals surface area contributed by atoms with Crippen LogP contribution in [0, 0.1) is 0 Å². The van der Waals surface area contributed by atoms with Crippen LogP contribution >= 0.6 is 0 Å². The Kier molecular flexibility index (Phi) is 7.35. The molecule has 0 aliphatic carbocycles. The lowest BCUT2D eigenvalue weighted by atomic mass is 10.1. The van der Waals surface area contributed by atoms with Crippen LogP contribution in [0.2, 0.25) is 0 Å². The number of nitrogens with one attached hydrogen (secondary N) is 2. The van der Waals surface area contributed by atoms with Crippen molar-refractivity contribution in [1.29, 1.82) is 0 Å². The minimum Gasteiger partial charge on any atom is -0.347 e. The summed E-state index contributed by atoms with van der Waals surface area (Å²) in [4.78, 5) is 40.2. The van der Waals surface area contributed by atoms with E-state index in [-0.39, 0.29) is 30.7 Å². The predicted molar refractivity (Wildman–Crippen MR) is 111 cm³/mol. The molecule has 3 rings (SSSR count). The van der Waals surface area contributed by atoms with Crippen molar-refractivity contribution in [3.05, 3.63) is 66.2 Å². The molecule has 29 heavy (non-hydrogen) atoms. The van der Waals surface area contributed by atoms with Crippen LogP contribution in [0.5, 0.6) is 0 Å². The molecular formula is C22H26N4O3. The molecule has 2 aromatic carbocycles. The van der Waals surface area contributed by atoms with Crippen LogP contribution in [0.25, 0.3) is 0 Å². The maximum atomic E-state index is 12.3. The number of carbonyl (C=O) groups excluding carboxylic acids is 3. The standard InChI is InChI=1S/C22H26N4O3/c27-20(15-18-7-3-1-4-8-18)23-16-22(29)26-13-11-25(12-14-26)17-21(28)24-19-9-5-2-6-10-19/h1-10H,11-17H2,(H,23,27)(H,24,28). The molecule has 7 heteroatoms. The molecule has 0 bridgehead atoms. The average Bonchev–Trinajstić information content (AvgIpc) is 2.74. The number of amides is 3. The third-order valence-electron chi connectivity index (χ3n) is 4.79. The second-order valence-electron chi connectivity index (χ2n) is 7.01. The number of piperazine rings is 1. The van der Waals surface area contributed by atoms with Crippen molar-refractivity contribution < 1.29 is 14.4 Å². The quantitative estimate of drug-likeness (QED) is 0.738. The Morgan fingerprint density at radius 1 is 0.793 bits per heavy atom. The zero-order valence-corrected chi connectivity index (χ0v) is 16.3. The highest BCUT2D eigenvalue weighted by Gasteiger charge is 2.22. The molecule has 1 aliphatic rings. The molecule has 1 fully saturated rings. The minimum absolute atomic E-state index is 0.000159. The first-order chi connectivity index (χ1) is 14.1. The van der Waals surface area contributed by atoms with E-state index in [4.69, 9.17) is 0 Å². The molecule has 2 N–H and O–H groups in total. The molecule has 3 amide bonds. The van der Waals surface area contributed by atoms with Crippen LogP contribution < -0.4 is 10.6 Å². The number of nitrogens with zero attached hydrogens (tertiary/aromatic N) is 2. The van der Waals surface area contributed by atoms with Gasteiger partial charge in [-0.15, -0.1) is 0 Å². The van der Waals surface area contributed by atoms with Crippen LogP contribution in [0.3, 0.4) is 0 Å². The Balaban J connectivity index is 1.34. The van der Waals surface area contributed by atoms with Crippen molar-refractivity contribution in [3.63, 3.8) is 0 Å². The lowest BCUT2D eigenvalue weighted by Gasteiger charge is -2.34. The number of para-hydroxylation sites is 1. The van der Waals surface area contributed by atoms with E-state index < -0.39 is 0 Å². The van der Waals surface area contributed by atoms with E-state index in [1.807, 2.05) is 65.6 Å². The average molecular weight is 394 g/mol. The second kappa shape index (κ2) is 10.4. The topological polar surface area (TPSA) is 81.8 Å². The summed E-state index contributed by atoms with van der Waals surface area (Å²) >= 11 is 0. The minimum atomic E-state index is -0.166. The smallest absolute Gasteiger partial charge is 0.242 e. The lowest BCUT2D eigenvalue weighted by molar-refractivity contribution is -0.134. The summed E-state index contributed by atoms with van der Waals surface area (Å²) in [6.07, 6.45) is 0.262. The largest absolute Gasteiger partial charge is 0.347 e. The molecule has 0 atom stereocenters. The van der Waals surface area contributed by atoms with Gasteiger partial charge in [-0.3, -0.25) is 19.3 Å². The molecular weight excluding hydrogens is 368 g/mol. The molecule has 0 spiro atoms. The van der Waals surface area contributed by atoms with E-state index >= 15 is 0 Å². The number of hydrogen-bond acceptors (Lipinski definition) is 4. The highest BCUT2D eigenvalue weighted by Crippen LogP contribution is 2.06. The van der Waals surface area contributed by atoms with Crippen molar-refractivity contribution in [2.45, 2.75) is 6.42 Å². The molecule has 1 aliphatic heterocycles.